The van der Waals surface area contributed by atoms with Crippen LogP contribution in [0.3, 0.4) is 0 Å². The summed E-state index contributed by atoms with van der Waals surface area (Å²) in [5.41, 5.74) is 2.30. The zero-order chi connectivity index (χ0) is 13.1. The van der Waals surface area contributed by atoms with Gasteiger partial charge in [-0.15, -0.1) is 0 Å². The molecule has 0 saturated heterocycles. The van der Waals surface area contributed by atoms with E-state index in [-0.39, 0.29) is 0 Å². The Kier molecular flexibility index (Phi) is 3.79. The van der Waals surface area contributed by atoms with Gasteiger partial charge in [0.05, 0.1) is 11.2 Å². The lowest BCUT2D eigenvalue weighted by Gasteiger charge is -2.17. The predicted molar refractivity (Wildman–Crippen MR) is 80.1 cm³/mol. The smallest absolute Gasteiger partial charge is 0.0706 e. The Hall–Kier alpha value is -1.41. The summed E-state index contributed by atoms with van der Waals surface area (Å²) in [5.74, 6) is 0.988. The van der Waals surface area contributed by atoms with Crippen LogP contribution < -0.4 is 5.32 Å². The SMILES string of the molecule is CCNC(CCC1CC1)c1ccc2ccccc2n1. The Morgan fingerprint density at radius 2 is 2.05 bits per heavy atom. The van der Waals surface area contributed by atoms with Gasteiger partial charge in [0.25, 0.3) is 0 Å². The number of pyridine rings is 1. The summed E-state index contributed by atoms with van der Waals surface area (Å²) >= 11 is 0. The molecule has 1 heterocycles. The van der Waals surface area contributed by atoms with Gasteiger partial charge in [0.1, 0.15) is 0 Å². The largest absolute Gasteiger partial charge is 0.309 e. The third kappa shape index (κ3) is 3.13. The van der Waals surface area contributed by atoms with Gasteiger partial charge >= 0.3 is 0 Å². The van der Waals surface area contributed by atoms with Crippen molar-refractivity contribution in [3.63, 3.8) is 0 Å². The summed E-state index contributed by atoms with van der Waals surface area (Å²) in [4.78, 5) is 4.83. The molecule has 2 nitrogen and oxygen atoms in total. The van der Waals surface area contributed by atoms with Gasteiger partial charge in [-0.25, -0.2) is 0 Å². The molecule has 0 bridgehead atoms. The maximum atomic E-state index is 4.83. The first kappa shape index (κ1) is 12.6. The van der Waals surface area contributed by atoms with Crippen LogP contribution >= 0.6 is 0 Å². The molecule has 0 aliphatic heterocycles. The molecule has 0 radical (unpaired) electrons. The van der Waals surface area contributed by atoms with Gasteiger partial charge < -0.3 is 5.32 Å². The van der Waals surface area contributed by atoms with E-state index in [1.54, 1.807) is 0 Å². The number of nitrogens with zero attached hydrogens (tertiary/aromatic N) is 1. The normalized spacial score (nSPS) is 16.7. The van der Waals surface area contributed by atoms with Crippen LogP contribution in [0.25, 0.3) is 10.9 Å². The Morgan fingerprint density at radius 3 is 2.84 bits per heavy atom. The Bertz CT molecular complexity index is 546. The minimum atomic E-state index is 0.412. The molecule has 1 fully saturated rings. The van der Waals surface area contributed by atoms with Gasteiger partial charge in [-0.3, -0.25) is 4.98 Å². The van der Waals surface area contributed by atoms with Gasteiger partial charge in [-0.2, -0.15) is 0 Å². The molecule has 1 N–H and O–H groups in total. The number of hydrogen-bond donors (Lipinski definition) is 1. The van der Waals surface area contributed by atoms with Crippen LogP contribution in [0.1, 0.15) is 44.3 Å². The van der Waals surface area contributed by atoms with E-state index in [0.29, 0.717) is 6.04 Å². The number of rotatable bonds is 6. The molecule has 1 aromatic heterocycles. The highest BCUT2D eigenvalue weighted by molar-refractivity contribution is 5.78. The van der Waals surface area contributed by atoms with Crippen molar-refractivity contribution in [1.82, 2.24) is 10.3 Å². The van der Waals surface area contributed by atoms with Crippen LogP contribution in [-0.2, 0) is 0 Å². The minimum Gasteiger partial charge on any atom is -0.309 e. The molecule has 1 aliphatic carbocycles. The van der Waals surface area contributed by atoms with Crippen molar-refractivity contribution in [1.29, 1.82) is 0 Å². The molecule has 1 aromatic carbocycles. The summed E-state index contributed by atoms with van der Waals surface area (Å²) in [5, 5.41) is 4.81. The highest BCUT2D eigenvalue weighted by Crippen LogP contribution is 2.35. The molecular formula is C17H22N2. The summed E-state index contributed by atoms with van der Waals surface area (Å²) in [6.07, 6.45) is 5.42. The number of nitrogens with one attached hydrogen (secondary N) is 1. The summed E-state index contributed by atoms with van der Waals surface area (Å²) in [6.45, 7) is 3.18. The number of fused-ring (bicyclic) bond motifs is 1. The monoisotopic (exact) mass is 254 g/mol. The fraction of sp³-hybridized carbons (Fsp3) is 0.471. The van der Waals surface area contributed by atoms with E-state index in [9.17, 15) is 0 Å². The maximum Gasteiger partial charge on any atom is 0.0706 e. The van der Waals surface area contributed by atoms with E-state index < -0.39 is 0 Å². The van der Waals surface area contributed by atoms with Crippen molar-refractivity contribution in [2.75, 3.05) is 6.54 Å². The lowest BCUT2D eigenvalue weighted by atomic mass is 10.0. The van der Waals surface area contributed by atoms with Crippen molar-refractivity contribution in [3.8, 4) is 0 Å². The van der Waals surface area contributed by atoms with E-state index in [0.717, 1.165) is 18.0 Å². The molecule has 1 atom stereocenters. The summed E-state index contributed by atoms with van der Waals surface area (Å²) in [7, 11) is 0. The Morgan fingerprint density at radius 1 is 1.21 bits per heavy atom. The summed E-state index contributed by atoms with van der Waals surface area (Å²) in [6, 6.07) is 13.1. The second-order valence-corrected chi connectivity index (χ2v) is 5.56. The fourth-order valence-electron chi connectivity index (χ4n) is 2.69. The molecule has 3 rings (SSSR count). The van der Waals surface area contributed by atoms with E-state index in [4.69, 9.17) is 4.98 Å². The molecule has 0 spiro atoms. The van der Waals surface area contributed by atoms with E-state index in [2.05, 4.69) is 48.6 Å². The van der Waals surface area contributed by atoms with E-state index in [1.165, 1.54) is 36.8 Å². The van der Waals surface area contributed by atoms with Crippen LogP contribution in [0, 0.1) is 5.92 Å². The van der Waals surface area contributed by atoms with Crippen molar-refractivity contribution in [3.05, 3.63) is 42.1 Å². The molecule has 2 heteroatoms. The lowest BCUT2D eigenvalue weighted by molar-refractivity contribution is 0.473. The zero-order valence-corrected chi connectivity index (χ0v) is 11.6. The Balaban J connectivity index is 1.80. The molecule has 1 aliphatic rings. The minimum absolute atomic E-state index is 0.412. The third-order valence-corrected chi connectivity index (χ3v) is 3.99. The maximum absolute atomic E-state index is 4.83. The Labute approximate surface area is 115 Å². The van der Waals surface area contributed by atoms with Gasteiger partial charge in [-0.05, 0) is 37.4 Å². The van der Waals surface area contributed by atoms with Gasteiger partial charge in [-0.1, -0.05) is 44.0 Å². The standard InChI is InChI=1S/C17H22N2/c1-2-18-16(11-9-13-7-8-13)17-12-10-14-5-3-4-6-15(14)19-17/h3-6,10,12-13,16,18H,2,7-9,11H2,1H3. The van der Waals surface area contributed by atoms with Crippen molar-refractivity contribution < 1.29 is 0 Å². The van der Waals surface area contributed by atoms with Crippen LogP contribution in [-0.4, -0.2) is 11.5 Å². The zero-order valence-electron chi connectivity index (χ0n) is 11.6. The first-order valence-corrected chi connectivity index (χ1v) is 7.46. The van der Waals surface area contributed by atoms with E-state index in [1.807, 2.05) is 0 Å². The second kappa shape index (κ2) is 5.70. The average molecular weight is 254 g/mol. The lowest BCUT2D eigenvalue weighted by Crippen LogP contribution is -2.22. The topological polar surface area (TPSA) is 24.9 Å². The number of para-hydroxylation sites is 1. The predicted octanol–water partition coefficient (Wildman–Crippen LogP) is 4.08. The molecule has 2 aromatic rings. The molecule has 1 unspecified atom stereocenters. The number of benzene rings is 1. The third-order valence-electron chi connectivity index (χ3n) is 3.99. The van der Waals surface area contributed by atoms with Gasteiger partial charge in [0.15, 0.2) is 0 Å². The average Bonchev–Trinajstić information content (AvgIpc) is 3.27. The highest BCUT2D eigenvalue weighted by Gasteiger charge is 2.23. The first-order valence-electron chi connectivity index (χ1n) is 7.46. The van der Waals surface area contributed by atoms with Gasteiger partial charge in [0.2, 0.25) is 0 Å². The van der Waals surface area contributed by atoms with Crippen molar-refractivity contribution >= 4 is 10.9 Å². The second-order valence-electron chi connectivity index (χ2n) is 5.56. The molecule has 19 heavy (non-hydrogen) atoms. The molecule has 1 saturated carbocycles. The quantitative estimate of drug-likeness (QED) is 0.840. The van der Waals surface area contributed by atoms with Crippen molar-refractivity contribution in [2.24, 2.45) is 5.92 Å². The number of hydrogen-bond acceptors (Lipinski definition) is 2. The molecule has 0 amide bonds. The van der Waals surface area contributed by atoms with E-state index >= 15 is 0 Å². The van der Waals surface area contributed by atoms with Crippen LogP contribution in [0.2, 0.25) is 0 Å². The summed E-state index contributed by atoms with van der Waals surface area (Å²) < 4.78 is 0. The highest BCUT2D eigenvalue weighted by atomic mass is 14.9. The van der Waals surface area contributed by atoms with Gasteiger partial charge in [0, 0.05) is 11.4 Å². The van der Waals surface area contributed by atoms with Crippen LogP contribution in [0.4, 0.5) is 0 Å². The molecular weight excluding hydrogens is 232 g/mol. The van der Waals surface area contributed by atoms with Crippen LogP contribution in [0.5, 0.6) is 0 Å². The first-order chi connectivity index (χ1) is 9.36. The van der Waals surface area contributed by atoms with Crippen molar-refractivity contribution in [2.45, 2.75) is 38.6 Å². The fourth-order valence-corrected chi connectivity index (χ4v) is 2.69. The number of aromatic nitrogens is 1. The van der Waals surface area contributed by atoms with Crippen LogP contribution in [0.15, 0.2) is 36.4 Å². The molecule has 100 valence electrons.